The summed E-state index contributed by atoms with van der Waals surface area (Å²) in [5.74, 6) is -7.30. The van der Waals surface area contributed by atoms with Gasteiger partial charge in [0.2, 0.25) is 10.0 Å². The number of carboxylic acids is 4. The number of hydrogen-bond acceptors (Lipinski definition) is 9. The number of pyridine rings is 1. The lowest BCUT2D eigenvalue weighted by Gasteiger charge is -2.14. The molecule has 0 spiro atoms. The number of fused-ring (bicyclic) bond motifs is 1. The number of benzene rings is 3. The van der Waals surface area contributed by atoms with Crippen LogP contribution < -0.4 is 15.4 Å². The van der Waals surface area contributed by atoms with Gasteiger partial charge in [0.1, 0.15) is 0 Å². The third-order valence-electron chi connectivity index (χ3n) is 5.81. The predicted octanol–water partition coefficient (Wildman–Crippen LogP) is 2.77. The van der Waals surface area contributed by atoms with E-state index in [4.69, 9.17) is 51.2 Å². The van der Waals surface area contributed by atoms with Crippen LogP contribution in [-0.2, 0) is 35.6 Å². The largest absolute Gasteiger partial charge is 0.473 e. The maximum absolute atomic E-state index is 12.8. The van der Waals surface area contributed by atoms with E-state index in [-0.39, 0.29) is 4.90 Å². The van der Waals surface area contributed by atoms with E-state index in [2.05, 4.69) is 32.5 Å². The molecule has 0 atom stereocenters. The van der Waals surface area contributed by atoms with Crippen molar-refractivity contribution in [2.24, 2.45) is 0 Å². The first-order chi connectivity index (χ1) is 21.8. The Morgan fingerprint density at radius 1 is 0.739 bits per heavy atom. The number of carbonyl (C=O) groups is 4. The third kappa shape index (κ3) is 12.9. The summed E-state index contributed by atoms with van der Waals surface area (Å²) in [6, 6.07) is 23.0. The zero-order valence-corrected chi connectivity index (χ0v) is 25.7. The minimum Gasteiger partial charge on any atom is -0.473 e. The molecule has 244 valence electrons. The summed E-state index contributed by atoms with van der Waals surface area (Å²) in [4.78, 5) is 40.7. The van der Waals surface area contributed by atoms with Crippen LogP contribution in [-0.4, -0.2) is 83.9 Å². The Morgan fingerprint density at radius 2 is 1.37 bits per heavy atom. The van der Waals surface area contributed by atoms with Gasteiger partial charge in [0.25, 0.3) is 0 Å². The SMILES string of the molecule is O=C(O)C(=O)O.O=C(O)C(=O)O.O=S(=O)(NCCNCCNc1ccc(Cl)cc1Cc1ccccc1)c1cccc2cnccc12. The van der Waals surface area contributed by atoms with E-state index >= 15 is 0 Å². The van der Waals surface area contributed by atoms with Gasteiger partial charge in [0.05, 0.1) is 4.90 Å². The summed E-state index contributed by atoms with van der Waals surface area (Å²) in [5.41, 5.74) is 3.40. The van der Waals surface area contributed by atoms with Crippen molar-refractivity contribution in [2.75, 3.05) is 31.5 Å². The number of anilines is 1. The number of aliphatic carboxylic acids is 4. The van der Waals surface area contributed by atoms with E-state index in [1.165, 1.54) is 5.56 Å². The van der Waals surface area contributed by atoms with Gasteiger partial charge < -0.3 is 31.1 Å². The van der Waals surface area contributed by atoms with Crippen LogP contribution in [0.3, 0.4) is 0 Å². The molecule has 0 aliphatic heterocycles. The molecule has 0 amide bonds. The third-order valence-corrected chi connectivity index (χ3v) is 7.57. The van der Waals surface area contributed by atoms with Crippen LogP contribution in [0.4, 0.5) is 5.69 Å². The summed E-state index contributed by atoms with van der Waals surface area (Å²) < 4.78 is 28.2. The molecule has 0 radical (unpaired) electrons. The maximum Gasteiger partial charge on any atom is 0.414 e. The summed E-state index contributed by atoms with van der Waals surface area (Å²) in [6.45, 7) is 2.20. The van der Waals surface area contributed by atoms with Gasteiger partial charge in [-0.3, -0.25) is 4.98 Å². The minimum atomic E-state index is -3.61. The highest BCUT2D eigenvalue weighted by Crippen LogP contribution is 2.24. The molecule has 7 N–H and O–H groups in total. The van der Waals surface area contributed by atoms with Crippen LogP contribution >= 0.6 is 11.6 Å². The van der Waals surface area contributed by atoms with Gasteiger partial charge in [-0.1, -0.05) is 54.1 Å². The van der Waals surface area contributed by atoms with Crippen LogP contribution in [0.1, 0.15) is 11.1 Å². The lowest BCUT2D eigenvalue weighted by Crippen LogP contribution is -2.33. The van der Waals surface area contributed by atoms with Crippen molar-refractivity contribution >= 4 is 62.0 Å². The van der Waals surface area contributed by atoms with E-state index in [1.807, 2.05) is 42.5 Å². The number of sulfonamides is 1. The Labute approximate surface area is 268 Å². The second kappa shape index (κ2) is 18.7. The monoisotopic (exact) mass is 674 g/mol. The normalized spacial score (nSPS) is 10.5. The molecule has 1 heterocycles. The number of carboxylic acid groups (broad SMARTS) is 4. The maximum atomic E-state index is 12.8. The lowest BCUT2D eigenvalue weighted by molar-refractivity contribution is -0.159. The van der Waals surface area contributed by atoms with E-state index in [9.17, 15) is 8.42 Å². The Hall–Kier alpha value is -5.09. The zero-order valence-electron chi connectivity index (χ0n) is 24.1. The molecule has 0 bridgehead atoms. The van der Waals surface area contributed by atoms with Crippen molar-refractivity contribution in [2.45, 2.75) is 11.3 Å². The summed E-state index contributed by atoms with van der Waals surface area (Å²) in [5, 5.41) is 38.5. The first kappa shape index (κ1) is 37.1. The van der Waals surface area contributed by atoms with Gasteiger partial charge >= 0.3 is 23.9 Å². The van der Waals surface area contributed by atoms with Gasteiger partial charge in [-0.05, 0) is 47.9 Å². The number of aromatic nitrogens is 1. The van der Waals surface area contributed by atoms with Crippen LogP contribution in [0.15, 0.2) is 90.1 Å². The van der Waals surface area contributed by atoms with E-state index < -0.39 is 33.9 Å². The molecule has 0 aliphatic rings. The van der Waals surface area contributed by atoms with Crippen molar-refractivity contribution in [3.63, 3.8) is 0 Å². The number of nitrogens with one attached hydrogen (secondary N) is 3. The highest BCUT2D eigenvalue weighted by molar-refractivity contribution is 7.89. The Balaban J connectivity index is 0.000000522. The highest BCUT2D eigenvalue weighted by atomic mass is 35.5. The molecule has 14 nitrogen and oxygen atoms in total. The second-order valence-corrected chi connectivity index (χ2v) is 11.3. The highest BCUT2D eigenvalue weighted by Gasteiger charge is 2.16. The van der Waals surface area contributed by atoms with E-state index in [1.54, 1.807) is 30.6 Å². The molecule has 4 aromatic rings. The van der Waals surface area contributed by atoms with E-state index in [0.717, 1.165) is 23.1 Å². The summed E-state index contributed by atoms with van der Waals surface area (Å²) >= 11 is 6.22. The van der Waals surface area contributed by atoms with Crippen molar-refractivity contribution in [1.29, 1.82) is 0 Å². The first-order valence-corrected chi connectivity index (χ1v) is 15.2. The molecule has 4 rings (SSSR count). The van der Waals surface area contributed by atoms with E-state index in [0.29, 0.717) is 36.6 Å². The molecule has 0 saturated heterocycles. The second-order valence-electron chi connectivity index (χ2n) is 9.11. The molecular weight excluding hydrogens is 644 g/mol. The molecule has 46 heavy (non-hydrogen) atoms. The van der Waals surface area contributed by atoms with Gasteiger partial charge in [-0.2, -0.15) is 0 Å². The van der Waals surface area contributed by atoms with Crippen molar-refractivity contribution in [3.05, 3.63) is 101 Å². The van der Waals surface area contributed by atoms with Crippen molar-refractivity contribution < 1.29 is 48.0 Å². The Kier molecular flexibility index (Phi) is 15.0. The topological polar surface area (TPSA) is 232 Å². The molecule has 3 aromatic carbocycles. The molecule has 16 heteroatoms. The van der Waals surface area contributed by atoms with Crippen LogP contribution in [0.5, 0.6) is 0 Å². The Morgan fingerprint density at radius 3 is 2.00 bits per heavy atom. The fourth-order valence-corrected chi connectivity index (χ4v) is 5.24. The smallest absolute Gasteiger partial charge is 0.414 e. The van der Waals surface area contributed by atoms with Gasteiger partial charge in [-0.25, -0.2) is 32.3 Å². The predicted molar refractivity (Wildman–Crippen MR) is 170 cm³/mol. The zero-order chi connectivity index (χ0) is 34.1. The number of nitrogens with zero attached hydrogens (tertiary/aromatic N) is 1. The lowest BCUT2D eigenvalue weighted by atomic mass is 10.0. The van der Waals surface area contributed by atoms with Crippen LogP contribution in [0, 0.1) is 0 Å². The van der Waals surface area contributed by atoms with Gasteiger partial charge in [0, 0.05) is 60.1 Å². The number of rotatable bonds is 11. The standard InChI is InChI=1S/C26H27ClN4O2S.2C2H2O4/c27-23-9-10-25(22(18-23)17-20-5-2-1-3-6-20)30-15-13-28-14-16-31-34(32,33)26-8-4-7-21-19-29-12-11-24(21)26;2*3-1(4)2(5)6/h1-12,18-19,28,30-31H,13-17H2;2*(H,3,4)(H,5,6). The average Bonchev–Trinajstić information content (AvgIpc) is 3.02. The molecule has 0 saturated carbocycles. The number of halogens is 1. The summed E-state index contributed by atoms with van der Waals surface area (Å²) in [6.07, 6.45) is 4.06. The minimum absolute atomic E-state index is 0.266. The molecule has 1 aromatic heterocycles. The number of hydrogen-bond donors (Lipinski definition) is 7. The van der Waals surface area contributed by atoms with Crippen LogP contribution in [0.25, 0.3) is 10.8 Å². The van der Waals surface area contributed by atoms with Gasteiger partial charge in [0.15, 0.2) is 0 Å². The van der Waals surface area contributed by atoms with Crippen LogP contribution in [0.2, 0.25) is 5.02 Å². The first-order valence-electron chi connectivity index (χ1n) is 13.3. The summed E-state index contributed by atoms with van der Waals surface area (Å²) in [7, 11) is -3.61. The quantitative estimate of drug-likeness (QED) is 0.0897. The molecule has 0 fully saturated rings. The van der Waals surface area contributed by atoms with Crippen molar-refractivity contribution in [1.82, 2.24) is 15.0 Å². The fourth-order valence-electron chi connectivity index (χ4n) is 3.79. The molecule has 0 unspecified atom stereocenters. The Bertz CT molecular complexity index is 1700. The van der Waals surface area contributed by atoms with Gasteiger partial charge in [-0.15, -0.1) is 0 Å². The molecule has 0 aliphatic carbocycles. The fraction of sp³-hybridized carbons (Fsp3) is 0.167. The molecular formula is C30H31ClN4O10S. The average molecular weight is 675 g/mol. The van der Waals surface area contributed by atoms with Crippen molar-refractivity contribution in [3.8, 4) is 0 Å².